The van der Waals surface area contributed by atoms with Crippen LogP contribution in [0.25, 0.3) is 0 Å². The lowest BCUT2D eigenvalue weighted by Gasteiger charge is -2.30. The molecule has 24 heteroatoms. The summed E-state index contributed by atoms with van der Waals surface area (Å²) in [6.45, 7) is 11.3. The predicted octanol–water partition coefficient (Wildman–Crippen LogP) is 5.14. The SMILES string of the molecule is CCN1\C(=C/C=C(C)/C=C/C2=[N+](CCCC(=O)On3c(O)ccc3O)c3ccc(S(=O)(=O)O)cc3C2(C)CCOCCOCCOCCOCCOC)C(C)(CCCS(=O)(=O)O)c2cc(S(=O)(=O)O)ccc21. The highest BCUT2D eigenvalue weighted by Crippen LogP contribution is 2.51. The average Bonchev–Trinajstić information content (AvgIpc) is 3.84. The number of aromatic hydroxyl groups is 2. The van der Waals surface area contributed by atoms with Gasteiger partial charge in [-0.05, 0) is 88.9 Å². The van der Waals surface area contributed by atoms with Gasteiger partial charge in [-0.25, -0.2) is 4.79 Å². The van der Waals surface area contributed by atoms with Crippen LogP contribution in [0.2, 0.25) is 0 Å². The van der Waals surface area contributed by atoms with Gasteiger partial charge in [0.25, 0.3) is 30.4 Å². The summed E-state index contributed by atoms with van der Waals surface area (Å²) in [6.07, 6.45) is 7.94. The molecule has 2 atom stereocenters. The average molecular weight is 1070 g/mol. The number of anilines is 1. The Morgan fingerprint density at radius 2 is 1.28 bits per heavy atom. The van der Waals surface area contributed by atoms with E-state index < -0.39 is 64.7 Å². The molecule has 21 nitrogen and oxygen atoms in total. The second-order valence-corrected chi connectivity index (χ2v) is 22.0. The highest BCUT2D eigenvalue weighted by molar-refractivity contribution is 7.86. The van der Waals surface area contributed by atoms with Gasteiger partial charge < -0.3 is 43.6 Å². The normalized spacial score (nSPS) is 19.0. The minimum Gasteiger partial charge on any atom is -0.492 e. The Hall–Kier alpha value is -4.99. The number of ether oxygens (including phenoxy) is 5. The Labute approximate surface area is 421 Å². The lowest BCUT2D eigenvalue weighted by Crippen LogP contribution is -2.33. The van der Waals surface area contributed by atoms with Crippen molar-refractivity contribution < 1.29 is 87.0 Å². The molecule has 0 radical (unpaired) electrons. The van der Waals surface area contributed by atoms with E-state index in [1.807, 2.05) is 61.5 Å². The number of hydrogen-bond donors (Lipinski definition) is 5. The topological polar surface area (TPSA) is 287 Å². The monoisotopic (exact) mass is 1070 g/mol. The maximum absolute atomic E-state index is 12.9. The van der Waals surface area contributed by atoms with Crippen LogP contribution in [-0.4, -0.2) is 156 Å². The van der Waals surface area contributed by atoms with Crippen LogP contribution < -0.4 is 9.74 Å². The maximum atomic E-state index is 12.9. The summed E-state index contributed by atoms with van der Waals surface area (Å²) in [6, 6.07) is 10.8. The Kier molecular flexibility index (Phi) is 20.3. The van der Waals surface area contributed by atoms with Gasteiger partial charge in [0, 0.05) is 73.3 Å². The summed E-state index contributed by atoms with van der Waals surface area (Å²) >= 11 is 0. The molecule has 0 bridgehead atoms. The van der Waals surface area contributed by atoms with Gasteiger partial charge in [-0.2, -0.15) is 29.8 Å². The molecule has 398 valence electrons. The zero-order valence-corrected chi connectivity index (χ0v) is 43.5. The Bertz CT molecular complexity index is 2840. The fraction of sp³-hybridized carbons (Fsp3) is 0.500. The Morgan fingerprint density at radius 3 is 1.83 bits per heavy atom. The van der Waals surface area contributed by atoms with Crippen LogP contribution in [0.3, 0.4) is 0 Å². The molecule has 1 aromatic heterocycles. The fourth-order valence-corrected chi connectivity index (χ4v) is 10.3. The van der Waals surface area contributed by atoms with Crippen molar-refractivity contribution in [2.75, 3.05) is 90.3 Å². The minimum absolute atomic E-state index is 0.0300. The van der Waals surface area contributed by atoms with Crippen molar-refractivity contribution in [2.24, 2.45) is 0 Å². The van der Waals surface area contributed by atoms with E-state index in [9.17, 15) is 53.9 Å². The minimum atomic E-state index is -4.64. The van der Waals surface area contributed by atoms with Crippen LogP contribution >= 0.6 is 0 Å². The molecular weight excluding hydrogens is 1000 g/mol. The summed E-state index contributed by atoms with van der Waals surface area (Å²) in [5.41, 5.74) is 2.51. The third-order valence-corrected chi connectivity index (χ3v) is 15.0. The second-order valence-electron chi connectivity index (χ2n) is 17.5. The maximum Gasteiger partial charge on any atom is 0.333 e. The summed E-state index contributed by atoms with van der Waals surface area (Å²) in [5.74, 6) is -2.25. The van der Waals surface area contributed by atoms with Crippen LogP contribution in [0.5, 0.6) is 11.8 Å². The standard InChI is InChI=1S/C48H65N3O18S3/c1-6-49-40-14-12-36(71(58,59)60)33-38(40)47(3,20-8-32-70(55,56)57)42(49)16-10-35(2)11-17-43-48(4,21-23-65-26-27-67-30-31-68-29-28-66-25-24-64-5)39-34-37(72(61,62)63)13-15-41(39)50(43)22-7-9-46(54)69-51-44(52)18-19-45(51)53/h10-19,33-34H,6-9,20-32H2,1-5H3,(H4-,52,53,55,56,57,58,59,60,61,62,63)/p+1. The number of allylic oxidation sites excluding steroid dienone is 6. The van der Waals surface area contributed by atoms with Crippen molar-refractivity contribution in [3.8, 4) is 11.8 Å². The molecule has 0 spiro atoms. The number of benzene rings is 2. The summed E-state index contributed by atoms with van der Waals surface area (Å²) in [5, 5.41) is 20.0. The molecule has 2 aliphatic heterocycles. The molecule has 5 rings (SSSR count). The first-order chi connectivity index (χ1) is 33.9. The van der Waals surface area contributed by atoms with E-state index >= 15 is 0 Å². The van der Waals surface area contributed by atoms with Gasteiger partial charge >= 0.3 is 5.97 Å². The molecular formula is C48H66N3O18S3+. The zero-order chi connectivity index (χ0) is 52.9. The van der Waals surface area contributed by atoms with Crippen LogP contribution in [0, 0.1) is 0 Å². The van der Waals surface area contributed by atoms with Gasteiger partial charge in [-0.3, -0.25) is 13.7 Å². The number of carbonyl (C=O) groups excluding carboxylic acids is 1. The third-order valence-electron chi connectivity index (χ3n) is 12.5. The highest BCUT2D eigenvalue weighted by Gasteiger charge is 2.48. The quantitative estimate of drug-likeness (QED) is 0.0250. The van der Waals surface area contributed by atoms with Crippen molar-refractivity contribution in [2.45, 2.75) is 80.4 Å². The lowest BCUT2D eigenvalue weighted by atomic mass is 9.76. The van der Waals surface area contributed by atoms with E-state index in [4.69, 9.17) is 28.5 Å². The number of aromatic nitrogens is 1. The van der Waals surface area contributed by atoms with Gasteiger partial charge in [-0.15, -0.1) is 4.73 Å². The second kappa shape index (κ2) is 25.3. The fourth-order valence-electron chi connectivity index (χ4n) is 8.78. The van der Waals surface area contributed by atoms with Gasteiger partial charge in [0.1, 0.15) is 6.54 Å². The molecule has 3 heterocycles. The first kappa shape index (κ1) is 57.9. The summed E-state index contributed by atoms with van der Waals surface area (Å²) < 4.78 is 133. The van der Waals surface area contributed by atoms with E-state index in [1.165, 1.54) is 24.3 Å². The molecule has 0 saturated heterocycles. The van der Waals surface area contributed by atoms with Gasteiger partial charge in [0.05, 0.1) is 80.2 Å². The molecule has 0 amide bonds. The number of nitrogens with zero attached hydrogens (tertiary/aromatic N) is 3. The van der Waals surface area contributed by atoms with Crippen molar-refractivity contribution in [1.82, 2.24) is 4.73 Å². The zero-order valence-electron chi connectivity index (χ0n) is 41.1. The molecule has 3 aromatic rings. The van der Waals surface area contributed by atoms with Crippen LogP contribution in [0.4, 0.5) is 11.4 Å². The van der Waals surface area contributed by atoms with Crippen molar-refractivity contribution >= 4 is 53.4 Å². The Balaban J connectivity index is 1.46. The molecule has 0 fully saturated rings. The summed E-state index contributed by atoms with van der Waals surface area (Å²) in [4.78, 5) is 19.4. The summed E-state index contributed by atoms with van der Waals surface area (Å²) in [7, 11) is -12.0. The van der Waals surface area contributed by atoms with Crippen molar-refractivity contribution in [3.05, 3.63) is 95.2 Å². The van der Waals surface area contributed by atoms with E-state index in [1.54, 1.807) is 19.2 Å². The first-order valence-corrected chi connectivity index (χ1v) is 27.7. The van der Waals surface area contributed by atoms with Crippen molar-refractivity contribution in [3.63, 3.8) is 0 Å². The predicted molar refractivity (Wildman–Crippen MR) is 265 cm³/mol. The van der Waals surface area contributed by atoms with E-state index in [-0.39, 0.29) is 61.8 Å². The lowest BCUT2D eigenvalue weighted by molar-refractivity contribution is -0.438. The van der Waals surface area contributed by atoms with Gasteiger partial charge in [0.15, 0.2) is 5.71 Å². The smallest absolute Gasteiger partial charge is 0.333 e. The Morgan fingerprint density at radius 1 is 0.722 bits per heavy atom. The number of likely N-dealkylation sites (N-methyl/N-ethyl adjacent to an activating group) is 1. The van der Waals surface area contributed by atoms with E-state index in [2.05, 4.69) is 0 Å². The number of rotatable bonds is 30. The molecule has 2 aliphatic rings. The molecule has 2 aromatic carbocycles. The number of hydrogen-bond acceptors (Lipinski definition) is 16. The van der Waals surface area contributed by atoms with E-state index in [0.717, 1.165) is 12.1 Å². The first-order valence-electron chi connectivity index (χ1n) is 23.2. The third kappa shape index (κ3) is 15.1. The van der Waals surface area contributed by atoms with Crippen LogP contribution in [-0.2, 0) is 69.7 Å². The van der Waals surface area contributed by atoms with Gasteiger partial charge in [0.2, 0.25) is 17.4 Å². The number of methoxy groups -OCH3 is 1. The molecule has 2 unspecified atom stereocenters. The number of fused-ring (bicyclic) bond motifs is 2. The molecule has 0 aliphatic carbocycles. The largest absolute Gasteiger partial charge is 0.492 e. The molecule has 72 heavy (non-hydrogen) atoms. The molecule has 5 N–H and O–H groups in total. The highest BCUT2D eigenvalue weighted by atomic mass is 32.2. The van der Waals surface area contributed by atoms with E-state index in [0.29, 0.717) is 96.8 Å². The van der Waals surface area contributed by atoms with Gasteiger partial charge in [-0.1, -0.05) is 17.7 Å². The van der Waals surface area contributed by atoms with Crippen LogP contribution in [0.15, 0.2) is 93.9 Å². The van der Waals surface area contributed by atoms with Crippen LogP contribution in [0.1, 0.15) is 70.9 Å². The number of carbonyl (C=O) groups is 1. The molecule has 0 saturated carbocycles. The van der Waals surface area contributed by atoms with Crippen molar-refractivity contribution in [1.29, 1.82) is 0 Å².